The maximum Gasteiger partial charge on any atom is 0.120 e. The number of rotatable bonds is 3. The van der Waals surface area contributed by atoms with Crippen molar-refractivity contribution < 1.29 is 4.74 Å². The summed E-state index contributed by atoms with van der Waals surface area (Å²) in [6.45, 7) is 5.53. The summed E-state index contributed by atoms with van der Waals surface area (Å²) in [6.07, 6.45) is 1.23. The third kappa shape index (κ3) is 3.69. The van der Waals surface area contributed by atoms with Gasteiger partial charge in [-0.25, -0.2) is 0 Å². The molecule has 0 saturated carbocycles. The number of benzene rings is 1. The van der Waals surface area contributed by atoms with E-state index in [0.717, 1.165) is 36.4 Å². The largest absolute Gasteiger partial charge is 0.497 e. The second-order valence-corrected chi connectivity index (χ2v) is 5.19. The Morgan fingerprint density at radius 2 is 2.24 bits per heavy atom. The Kier molecular flexibility index (Phi) is 4.83. The average Bonchev–Trinajstić information content (AvgIpc) is 2.60. The van der Waals surface area contributed by atoms with Gasteiger partial charge in [-0.15, -0.1) is 0 Å². The van der Waals surface area contributed by atoms with Gasteiger partial charge in [0.1, 0.15) is 5.75 Å². The zero-order valence-electron chi connectivity index (χ0n) is 10.2. The molecule has 0 amide bonds. The number of nitrogens with zero attached hydrogens (tertiary/aromatic N) is 1. The maximum atomic E-state index is 5.21. The SMILES string of the molecule is COc1ccc(CN2CCCNCC2)c(Br)c1. The molecule has 0 radical (unpaired) electrons. The van der Waals surface area contributed by atoms with Crippen LogP contribution in [0.5, 0.6) is 5.75 Å². The van der Waals surface area contributed by atoms with Crippen molar-refractivity contribution in [2.24, 2.45) is 0 Å². The van der Waals surface area contributed by atoms with E-state index >= 15 is 0 Å². The quantitative estimate of drug-likeness (QED) is 0.926. The van der Waals surface area contributed by atoms with Crippen molar-refractivity contribution in [2.75, 3.05) is 33.3 Å². The van der Waals surface area contributed by atoms with Crippen molar-refractivity contribution in [3.8, 4) is 5.75 Å². The minimum Gasteiger partial charge on any atom is -0.497 e. The zero-order valence-corrected chi connectivity index (χ0v) is 11.8. The molecule has 2 rings (SSSR count). The van der Waals surface area contributed by atoms with E-state index in [9.17, 15) is 0 Å². The molecule has 0 bridgehead atoms. The number of halogens is 1. The fourth-order valence-electron chi connectivity index (χ4n) is 2.08. The van der Waals surface area contributed by atoms with E-state index in [2.05, 4.69) is 32.2 Å². The van der Waals surface area contributed by atoms with E-state index in [1.807, 2.05) is 12.1 Å². The van der Waals surface area contributed by atoms with Gasteiger partial charge in [0.2, 0.25) is 0 Å². The van der Waals surface area contributed by atoms with Crippen LogP contribution in [0.1, 0.15) is 12.0 Å². The monoisotopic (exact) mass is 298 g/mol. The summed E-state index contributed by atoms with van der Waals surface area (Å²) < 4.78 is 6.34. The Morgan fingerprint density at radius 1 is 1.35 bits per heavy atom. The number of nitrogens with one attached hydrogen (secondary N) is 1. The molecule has 1 fully saturated rings. The summed E-state index contributed by atoms with van der Waals surface area (Å²) in [7, 11) is 1.70. The highest BCUT2D eigenvalue weighted by molar-refractivity contribution is 9.10. The van der Waals surface area contributed by atoms with Gasteiger partial charge in [-0.1, -0.05) is 22.0 Å². The van der Waals surface area contributed by atoms with Gasteiger partial charge in [0.15, 0.2) is 0 Å². The number of hydrogen-bond donors (Lipinski definition) is 1. The van der Waals surface area contributed by atoms with E-state index in [1.54, 1.807) is 7.11 Å². The molecule has 94 valence electrons. The van der Waals surface area contributed by atoms with Crippen LogP contribution in [0.15, 0.2) is 22.7 Å². The summed E-state index contributed by atoms with van der Waals surface area (Å²) >= 11 is 3.61. The lowest BCUT2D eigenvalue weighted by Gasteiger charge is -2.20. The third-order valence-electron chi connectivity index (χ3n) is 3.09. The fraction of sp³-hybridized carbons (Fsp3) is 0.538. The van der Waals surface area contributed by atoms with Crippen molar-refractivity contribution in [3.05, 3.63) is 28.2 Å². The second-order valence-electron chi connectivity index (χ2n) is 4.34. The predicted molar refractivity (Wildman–Crippen MR) is 73.5 cm³/mol. The Labute approximate surface area is 111 Å². The van der Waals surface area contributed by atoms with E-state index in [-0.39, 0.29) is 0 Å². The van der Waals surface area contributed by atoms with Crippen LogP contribution in [0, 0.1) is 0 Å². The average molecular weight is 299 g/mol. The van der Waals surface area contributed by atoms with Gasteiger partial charge in [0.25, 0.3) is 0 Å². The van der Waals surface area contributed by atoms with Crippen molar-refractivity contribution in [3.63, 3.8) is 0 Å². The van der Waals surface area contributed by atoms with E-state index < -0.39 is 0 Å². The second kappa shape index (κ2) is 6.38. The lowest BCUT2D eigenvalue weighted by molar-refractivity contribution is 0.284. The molecule has 1 heterocycles. The Balaban J connectivity index is 2.01. The molecule has 1 aliphatic heterocycles. The molecule has 4 heteroatoms. The molecule has 0 unspecified atom stereocenters. The Hall–Kier alpha value is -0.580. The molecule has 1 aliphatic rings. The molecule has 1 saturated heterocycles. The van der Waals surface area contributed by atoms with Crippen molar-refractivity contribution in [2.45, 2.75) is 13.0 Å². The van der Waals surface area contributed by atoms with E-state index in [0.29, 0.717) is 0 Å². The summed E-state index contributed by atoms with van der Waals surface area (Å²) in [6, 6.07) is 6.20. The lowest BCUT2D eigenvalue weighted by atomic mass is 10.2. The van der Waals surface area contributed by atoms with Crippen molar-refractivity contribution in [1.29, 1.82) is 0 Å². The van der Waals surface area contributed by atoms with Gasteiger partial charge >= 0.3 is 0 Å². The molecule has 0 aliphatic carbocycles. The first kappa shape index (κ1) is 12.9. The minimum absolute atomic E-state index is 0.901. The molecule has 3 nitrogen and oxygen atoms in total. The normalized spacial score (nSPS) is 17.8. The summed E-state index contributed by atoms with van der Waals surface area (Å²) in [4.78, 5) is 2.49. The van der Waals surface area contributed by atoms with Crippen molar-refractivity contribution in [1.82, 2.24) is 10.2 Å². The lowest BCUT2D eigenvalue weighted by Crippen LogP contribution is -2.27. The first-order valence-electron chi connectivity index (χ1n) is 6.05. The van der Waals surface area contributed by atoms with Crippen LogP contribution in [0.25, 0.3) is 0 Å². The molecule has 1 N–H and O–H groups in total. The zero-order chi connectivity index (χ0) is 12.1. The molecular weight excluding hydrogens is 280 g/mol. The molecule has 0 spiro atoms. The van der Waals surface area contributed by atoms with E-state index in [4.69, 9.17) is 4.74 Å². The van der Waals surface area contributed by atoms with Gasteiger partial charge in [0, 0.05) is 24.1 Å². The van der Waals surface area contributed by atoms with Crippen LogP contribution >= 0.6 is 15.9 Å². The number of hydrogen-bond acceptors (Lipinski definition) is 3. The molecule has 1 aromatic carbocycles. The van der Waals surface area contributed by atoms with Gasteiger partial charge in [-0.05, 0) is 37.2 Å². The van der Waals surface area contributed by atoms with Crippen LogP contribution < -0.4 is 10.1 Å². The Morgan fingerprint density at radius 3 is 3.00 bits per heavy atom. The summed E-state index contributed by atoms with van der Waals surface area (Å²) in [5.41, 5.74) is 1.33. The molecule has 17 heavy (non-hydrogen) atoms. The summed E-state index contributed by atoms with van der Waals surface area (Å²) in [5.74, 6) is 0.901. The number of ether oxygens (including phenoxy) is 1. The first-order chi connectivity index (χ1) is 8.29. The van der Waals surface area contributed by atoms with Gasteiger partial charge in [-0.2, -0.15) is 0 Å². The van der Waals surface area contributed by atoms with Crippen LogP contribution in [0.4, 0.5) is 0 Å². The van der Waals surface area contributed by atoms with Crippen LogP contribution in [-0.4, -0.2) is 38.2 Å². The van der Waals surface area contributed by atoms with Gasteiger partial charge in [0.05, 0.1) is 7.11 Å². The standard InChI is InChI=1S/C13H19BrN2O/c1-17-12-4-3-11(13(14)9-12)10-16-7-2-5-15-6-8-16/h3-4,9,15H,2,5-8,10H2,1H3. The highest BCUT2D eigenvalue weighted by atomic mass is 79.9. The van der Waals surface area contributed by atoms with Crippen molar-refractivity contribution >= 4 is 15.9 Å². The Bertz CT molecular complexity index is 362. The highest BCUT2D eigenvalue weighted by Crippen LogP contribution is 2.24. The third-order valence-corrected chi connectivity index (χ3v) is 3.83. The molecule has 0 atom stereocenters. The molecule has 1 aromatic rings. The molecule has 0 aromatic heterocycles. The van der Waals surface area contributed by atoms with Gasteiger partial charge in [-0.3, -0.25) is 4.90 Å². The topological polar surface area (TPSA) is 24.5 Å². The summed E-state index contributed by atoms with van der Waals surface area (Å²) in [5, 5.41) is 3.42. The first-order valence-corrected chi connectivity index (χ1v) is 6.84. The fourth-order valence-corrected chi connectivity index (χ4v) is 2.57. The molecular formula is C13H19BrN2O. The van der Waals surface area contributed by atoms with E-state index in [1.165, 1.54) is 18.5 Å². The minimum atomic E-state index is 0.901. The predicted octanol–water partition coefficient (Wildman–Crippen LogP) is 2.25. The smallest absolute Gasteiger partial charge is 0.120 e. The van der Waals surface area contributed by atoms with Gasteiger partial charge < -0.3 is 10.1 Å². The van der Waals surface area contributed by atoms with Crippen LogP contribution in [0.3, 0.4) is 0 Å². The maximum absolute atomic E-state index is 5.21. The van der Waals surface area contributed by atoms with Crippen LogP contribution in [0.2, 0.25) is 0 Å². The van der Waals surface area contributed by atoms with Crippen LogP contribution in [-0.2, 0) is 6.54 Å². The highest BCUT2D eigenvalue weighted by Gasteiger charge is 2.11. The number of methoxy groups -OCH3 is 1.